The maximum absolute atomic E-state index is 11.8. The van der Waals surface area contributed by atoms with Crippen LogP contribution in [0.1, 0.15) is 40.5 Å². The molecule has 15 heavy (non-hydrogen) atoms. The summed E-state index contributed by atoms with van der Waals surface area (Å²) in [4.78, 5) is 11.8. The third kappa shape index (κ3) is 3.20. The van der Waals surface area contributed by atoms with Gasteiger partial charge in [0.25, 0.3) is 0 Å². The van der Waals surface area contributed by atoms with Gasteiger partial charge in [0.05, 0.1) is 0 Å². The van der Waals surface area contributed by atoms with Gasteiger partial charge in [-0.2, -0.15) is 0 Å². The summed E-state index contributed by atoms with van der Waals surface area (Å²) in [6, 6.07) is 0.291. The van der Waals surface area contributed by atoms with Gasteiger partial charge in [0.2, 0.25) is 5.91 Å². The van der Waals surface area contributed by atoms with E-state index in [2.05, 4.69) is 26.1 Å². The van der Waals surface area contributed by atoms with Crippen molar-refractivity contribution in [3.05, 3.63) is 0 Å². The zero-order valence-corrected chi connectivity index (χ0v) is 10.2. The topological polar surface area (TPSA) is 49.3 Å². The highest BCUT2D eigenvalue weighted by atomic mass is 16.3. The van der Waals surface area contributed by atoms with Gasteiger partial charge in [0.1, 0.15) is 0 Å². The molecule has 1 fully saturated rings. The highest BCUT2D eigenvalue weighted by Gasteiger charge is 2.33. The summed E-state index contributed by atoms with van der Waals surface area (Å²) in [7, 11) is 0. The summed E-state index contributed by atoms with van der Waals surface area (Å²) in [5.41, 5.74) is 0.0181. The highest BCUT2D eigenvalue weighted by molar-refractivity contribution is 5.79. The zero-order valence-electron chi connectivity index (χ0n) is 10.2. The molecule has 1 atom stereocenters. The number of hydrogen-bond acceptors (Lipinski definition) is 2. The molecule has 88 valence electrons. The smallest absolute Gasteiger partial charge is 0.223 e. The standard InChI is InChI=1S/C12H23NO2/c1-8(12(2,3)4)11(15)13-10-5-9(6-10)7-14/h8-10,14H,5-7H2,1-4H3,(H,13,15). The first-order chi connectivity index (χ1) is 6.84. The second kappa shape index (κ2) is 4.52. The Morgan fingerprint density at radius 2 is 2.00 bits per heavy atom. The zero-order chi connectivity index (χ0) is 11.6. The quantitative estimate of drug-likeness (QED) is 0.747. The Hall–Kier alpha value is -0.570. The maximum atomic E-state index is 11.8. The van der Waals surface area contributed by atoms with Gasteiger partial charge >= 0.3 is 0 Å². The summed E-state index contributed by atoms with van der Waals surface area (Å²) >= 11 is 0. The van der Waals surface area contributed by atoms with Crippen LogP contribution in [0.25, 0.3) is 0 Å². The van der Waals surface area contributed by atoms with Gasteiger partial charge in [-0.05, 0) is 24.2 Å². The molecule has 1 aliphatic rings. The van der Waals surface area contributed by atoms with Crippen molar-refractivity contribution in [3.8, 4) is 0 Å². The molecule has 0 saturated heterocycles. The Morgan fingerprint density at radius 1 is 1.47 bits per heavy atom. The normalized spacial score (nSPS) is 28.1. The molecule has 0 bridgehead atoms. The number of aliphatic hydroxyl groups is 1. The Morgan fingerprint density at radius 3 is 2.40 bits per heavy atom. The molecule has 1 aliphatic carbocycles. The van der Waals surface area contributed by atoms with Gasteiger partial charge in [-0.1, -0.05) is 27.7 Å². The monoisotopic (exact) mass is 213 g/mol. The fraction of sp³-hybridized carbons (Fsp3) is 0.917. The molecule has 0 aromatic carbocycles. The van der Waals surface area contributed by atoms with E-state index in [9.17, 15) is 4.79 Å². The molecule has 1 amide bonds. The van der Waals surface area contributed by atoms with Crippen molar-refractivity contribution in [2.24, 2.45) is 17.3 Å². The molecule has 0 aromatic rings. The molecule has 0 aliphatic heterocycles. The molecule has 3 heteroatoms. The molecular formula is C12H23NO2. The fourth-order valence-corrected chi connectivity index (χ4v) is 1.72. The first-order valence-electron chi connectivity index (χ1n) is 5.75. The number of nitrogens with one attached hydrogen (secondary N) is 1. The van der Waals surface area contributed by atoms with Crippen LogP contribution >= 0.6 is 0 Å². The number of aliphatic hydroxyl groups excluding tert-OH is 1. The Bertz CT molecular complexity index is 226. The van der Waals surface area contributed by atoms with Crippen LogP contribution in [0.5, 0.6) is 0 Å². The Kier molecular flexibility index (Phi) is 3.77. The van der Waals surface area contributed by atoms with Crippen LogP contribution in [0.4, 0.5) is 0 Å². The van der Waals surface area contributed by atoms with Crippen molar-refractivity contribution in [2.45, 2.75) is 46.6 Å². The molecule has 2 N–H and O–H groups in total. The van der Waals surface area contributed by atoms with E-state index >= 15 is 0 Å². The van der Waals surface area contributed by atoms with Gasteiger partial charge in [0, 0.05) is 18.6 Å². The van der Waals surface area contributed by atoms with Crippen molar-refractivity contribution >= 4 is 5.91 Å². The van der Waals surface area contributed by atoms with Crippen molar-refractivity contribution in [1.29, 1.82) is 0 Å². The summed E-state index contributed by atoms with van der Waals surface area (Å²) in [5.74, 6) is 0.579. The van der Waals surface area contributed by atoms with Crippen LogP contribution in [-0.4, -0.2) is 23.7 Å². The van der Waals surface area contributed by atoms with E-state index in [0.29, 0.717) is 12.0 Å². The minimum Gasteiger partial charge on any atom is -0.396 e. The van der Waals surface area contributed by atoms with Crippen LogP contribution in [0.15, 0.2) is 0 Å². The third-order valence-corrected chi connectivity index (χ3v) is 3.53. The predicted octanol–water partition coefficient (Wildman–Crippen LogP) is 1.56. The van der Waals surface area contributed by atoms with E-state index < -0.39 is 0 Å². The number of amides is 1. The van der Waals surface area contributed by atoms with Crippen LogP contribution in [0.2, 0.25) is 0 Å². The van der Waals surface area contributed by atoms with E-state index in [1.54, 1.807) is 0 Å². The van der Waals surface area contributed by atoms with E-state index in [1.807, 2.05) is 6.92 Å². The SMILES string of the molecule is CC(C(=O)NC1CC(CO)C1)C(C)(C)C. The van der Waals surface area contributed by atoms with Crippen molar-refractivity contribution in [3.63, 3.8) is 0 Å². The van der Waals surface area contributed by atoms with Crippen molar-refractivity contribution in [2.75, 3.05) is 6.61 Å². The first kappa shape index (κ1) is 12.5. The molecule has 1 unspecified atom stereocenters. The lowest BCUT2D eigenvalue weighted by Crippen LogP contribution is -2.48. The molecule has 0 spiro atoms. The lowest BCUT2D eigenvalue weighted by atomic mass is 9.78. The molecule has 1 saturated carbocycles. The summed E-state index contributed by atoms with van der Waals surface area (Å²) in [6.45, 7) is 8.45. The summed E-state index contributed by atoms with van der Waals surface area (Å²) in [5, 5.41) is 11.9. The van der Waals surface area contributed by atoms with E-state index in [1.165, 1.54) is 0 Å². The van der Waals surface area contributed by atoms with Crippen LogP contribution in [-0.2, 0) is 4.79 Å². The molecular weight excluding hydrogens is 190 g/mol. The average Bonchev–Trinajstić information content (AvgIpc) is 2.07. The number of rotatable bonds is 3. The average molecular weight is 213 g/mol. The number of carbonyl (C=O) groups excluding carboxylic acids is 1. The van der Waals surface area contributed by atoms with Gasteiger partial charge < -0.3 is 10.4 Å². The van der Waals surface area contributed by atoms with Gasteiger partial charge in [-0.15, -0.1) is 0 Å². The summed E-state index contributed by atoms with van der Waals surface area (Å²) in [6.07, 6.45) is 1.86. The van der Waals surface area contributed by atoms with Crippen LogP contribution < -0.4 is 5.32 Å². The van der Waals surface area contributed by atoms with Crippen LogP contribution in [0, 0.1) is 17.3 Å². The van der Waals surface area contributed by atoms with Crippen LogP contribution in [0.3, 0.4) is 0 Å². The minimum absolute atomic E-state index is 0.0181. The third-order valence-electron chi connectivity index (χ3n) is 3.53. The van der Waals surface area contributed by atoms with Crippen molar-refractivity contribution < 1.29 is 9.90 Å². The first-order valence-corrected chi connectivity index (χ1v) is 5.75. The maximum Gasteiger partial charge on any atom is 0.223 e. The fourth-order valence-electron chi connectivity index (χ4n) is 1.72. The summed E-state index contributed by atoms with van der Waals surface area (Å²) < 4.78 is 0. The van der Waals surface area contributed by atoms with Crippen molar-refractivity contribution in [1.82, 2.24) is 5.32 Å². The van der Waals surface area contributed by atoms with Gasteiger partial charge in [-0.25, -0.2) is 0 Å². The Balaban J connectivity index is 2.31. The lowest BCUT2D eigenvalue weighted by molar-refractivity contribution is -0.129. The number of carbonyl (C=O) groups is 1. The molecule has 3 nitrogen and oxygen atoms in total. The largest absolute Gasteiger partial charge is 0.396 e. The molecule has 1 rings (SSSR count). The second-order valence-corrected chi connectivity index (χ2v) is 5.81. The molecule has 0 radical (unpaired) electrons. The second-order valence-electron chi connectivity index (χ2n) is 5.81. The minimum atomic E-state index is 0.0181. The van der Waals surface area contributed by atoms with Gasteiger partial charge in [-0.3, -0.25) is 4.79 Å². The predicted molar refractivity (Wildman–Crippen MR) is 60.4 cm³/mol. The Labute approximate surface area is 92.3 Å². The van der Waals surface area contributed by atoms with Gasteiger partial charge in [0.15, 0.2) is 0 Å². The molecule has 0 heterocycles. The highest BCUT2D eigenvalue weighted by Crippen LogP contribution is 2.29. The van der Waals surface area contributed by atoms with E-state index in [0.717, 1.165) is 12.8 Å². The lowest BCUT2D eigenvalue weighted by Gasteiger charge is -2.36. The molecule has 0 aromatic heterocycles. The number of hydrogen-bond donors (Lipinski definition) is 2. The van der Waals surface area contributed by atoms with E-state index in [-0.39, 0.29) is 23.8 Å². The van der Waals surface area contributed by atoms with E-state index in [4.69, 9.17) is 5.11 Å².